The summed E-state index contributed by atoms with van der Waals surface area (Å²) >= 11 is 0. The highest BCUT2D eigenvalue weighted by Gasteiger charge is 2.33. The Bertz CT molecular complexity index is 388. The lowest BCUT2D eigenvalue weighted by molar-refractivity contribution is -0.0279. The zero-order valence-corrected chi connectivity index (χ0v) is 12.5. The van der Waals surface area contributed by atoms with Crippen LogP contribution in [0.3, 0.4) is 0 Å². The molecule has 0 aliphatic carbocycles. The van der Waals surface area contributed by atoms with Gasteiger partial charge in [-0.05, 0) is 36.3 Å². The van der Waals surface area contributed by atoms with Crippen molar-refractivity contribution >= 4 is 0 Å². The van der Waals surface area contributed by atoms with E-state index in [2.05, 4.69) is 49.9 Å². The van der Waals surface area contributed by atoms with E-state index in [1.165, 1.54) is 5.56 Å². The van der Waals surface area contributed by atoms with Crippen molar-refractivity contribution in [3.05, 3.63) is 35.4 Å². The number of piperidine rings is 1. The highest BCUT2D eigenvalue weighted by molar-refractivity contribution is 5.27. The van der Waals surface area contributed by atoms with Crippen molar-refractivity contribution in [2.75, 3.05) is 19.6 Å². The van der Waals surface area contributed by atoms with Crippen LogP contribution in [-0.4, -0.2) is 29.6 Å². The Kier molecular flexibility index (Phi) is 4.64. The molecule has 1 heterocycles. The van der Waals surface area contributed by atoms with Crippen molar-refractivity contribution in [3.63, 3.8) is 0 Å². The maximum Gasteiger partial charge on any atom is 0.0920 e. The summed E-state index contributed by atoms with van der Waals surface area (Å²) in [5.41, 5.74) is 1.82. The van der Waals surface area contributed by atoms with Crippen molar-refractivity contribution in [3.8, 4) is 0 Å². The maximum absolute atomic E-state index is 10.8. The molecule has 2 nitrogen and oxygen atoms in total. The third kappa shape index (κ3) is 3.58. The molecule has 0 radical (unpaired) electrons. The number of aryl methyl sites for hydroxylation is 1. The minimum atomic E-state index is -0.611. The van der Waals surface area contributed by atoms with Gasteiger partial charge in [-0.3, -0.25) is 0 Å². The van der Waals surface area contributed by atoms with Crippen LogP contribution in [0.2, 0.25) is 0 Å². The first-order valence-electron chi connectivity index (χ1n) is 7.57. The minimum Gasteiger partial charge on any atom is -0.385 e. The number of hydrogen-bond acceptors (Lipinski definition) is 2. The molecule has 2 rings (SSSR count). The van der Waals surface area contributed by atoms with Crippen LogP contribution < -0.4 is 0 Å². The van der Waals surface area contributed by atoms with Gasteiger partial charge in [-0.15, -0.1) is 0 Å². The van der Waals surface area contributed by atoms with Crippen LogP contribution in [0.25, 0.3) is 0 Å². The molecule has 0 atom stereocenters. The topological polar surface area (TPSA) is 23.5 Å². The molecule has 1 aliphatic rings. The van der Waals surface area contributed by atoms with Gasteiger partial charge in [-0.1, -0.05) is 45.0 Å². The molecule has 0 bridgehead atoms. The fraction of sp³-hybridized carbons (Fsp3) is 0.647. The summed E-state index contributed by atoms with van der Waals surface area (Å²) in [4.78, 5) is 2.47. The van der Waals surface area contributed by atoms with Crippen LogP contribution in [0.5, 0.6) is 0 Å². The van der Waals surface area contributed by atoms with Gasteiger partial charge in [0.05, 0.1) is 5.60 Å². The predicted molar refractivity (Wildman–Crippen MR) is 80.2 cm³/mol. The van der Waals surface area contributed by atoms with E-state index >= 15 is 0 Å². The summed E-state index contributed by atoms with van der Waals surface area (Å²) in [7, 11) is 0. The molecule has 0 aromatic heterocycles. The first-order chi connectivity index (χ1) is 9.03. The molecule has 0 unspecified atom stereocenters. The second-order valence-corrected chi connectivity index (χ2v) is 6.28. The van der Waals surface area contributed by atoms with Crippen molar-refractivity contribution in [2.45, 2.75) is 45.6 Å². The van der Waals surface area contributed by atoms with Gasteiger partial charge in [0.15, 0.2) is 0 Å². The Morgan fingerprint density at radius 3 is 2.21 bits per heavy atom. The molecule has 0 saturated carbocycles. The fourth-order valence-electron chi connectivity index (χ4n) is 2.96. The molecule has 0 spiro atoms. The van der Waals surface area contributed by atoms with Gasteiger partial charge < -0.3 is 10.0 Å². The van der Waals surface area contributed by atoms with Crippen molar-refractivity contribution in [1.29, 1.82) is 0 Å². The number of rotatable bonds is 4. The molecular weight excluding hydrogens is 234 g/mol. The van der Waals surface area contributed by atoms with Crippen LogP contribution in [0.15, 0.2) is 24.3 Å². The Balaban J connectivity index is 2.00. The van der Waals surface area contributed by atoms with Crippen LogP contribution in [0.1, 0.15) is 44.7 Å². The van der Waals surface area contributed by atoms with E-state index < -0.39 is 5.60 Å². The molecule has 1 fully saturated rings. The van der Waals surface area contributed by atoms with Crippen LogP contribution in [-0.2, 0) is 12.0 Å². The van der Waals surface area contributed by atoms with Gasteiger partial charge in [-0.2, -0.15) is 0 Å². The van der Waals surface area contributed by atoms with E-state index in [1.807, 2.05) is 0 Å². The first-order valence-corrected chi connectivity index (χ1v) is 7.57. The van der Waals surface area contributed by atoms with E-state index in [0.717, 1.165) is 44.5 Å². The normalized spacial score (nSPS) is 19.8. The van der Waals surface area contributed by atoms with Gasteiger partial charge in [0.25, 0.3) is 0 Å². The number of aliphatic hydroxyl groups is 1. The van der Waals surface area contributed by atoms with E-state index in [0.29, 0.717) is 5.92 Å². The average molecular weight is 261 g/mol. The highest BCUT2D eigenvalue weighted by atomic mass is 16.3. The Hall–Kier alpha value is -0.860. The number of benzene rings is 1. The van der Waals surface area contributed by atoms with Gasteiger partial charge in [0, 0.05) is 19.6 Å². The van der Waals surface area contributed by atoms with Gasteiger partial charge in [0.2, 0.25) is 0 Å². The van der Waals surface area contributed by atoms with E-state index in [1.54, 1.807) is 0 Å². The molecule has 19 heavy (non-hydrogen) atoms. The van der Waals surface area contributed by atoms with Gasteiger partial charge in [-0.25, -0.2) is 0 Å². The summed E-state index contributed by atoms with van der Waals surface area (Å²) in [5, 5.41) is 10.8. The summed E-state index contributed by atoms with van der Waals surface area (Å²) in [6.45, 7) is 9.82. The monoisotopic (exact) mass is 261 g/mol. The van der Waals surface area contributed by atoms with Gasteiger partial charge in [0.1, 0.15) is 0 Å². The number of hydrogen-bond donors (Lipinski definition) is 1. The lowest BCUT2D eigenvalue weighted by atomic mass is 9.84. The van der Waals surface area contributed by atoms with Gasteiger partial charge >= 0.3 is 0 Å². The Morgan fingerprint density at radius 2 is 1.74 bits per heavy atom. The van der Waals surface area contributed by atoms with E-state index in [-0.39, 0.29) is 0 Å². The molecule has 2 heteroatoms. The lowest BCUT2D eigenvalue weighted by Gasteiger charge is -2.39. The zero-order valence-electron chi connectivity index (χ0n) is 12.5. The maximum atomic E-state index is 10.8. The Labute approximate surface area is 117 Å². The van der Waals surface area contributed by atoms with Crippen molar-refractivity contribution < 1.29 is 5.11 Å². The molecule has 1 aromatic rings. The minimum absolute atomic E-state index is 0.611. The molecule has 1 aliphatic heterocycles. The molecule has 106 valence electrons. The summed E-state index contributed by atoms with van der Waals surface area (Å²) < 4.78 is 0. The first kappa shape index (κ1) is 14.5. The molecule has 1 saturated heterocycles. The van der Waals surface area contributed by atoms with E-state index in [4.69, 9.17) is 0 Å². The fourth-order valence-corrected chi connectivity index (χ4v) is 2.96. The summed E-state index contributed by atoms with van der Waals surface area (Å²) in [6.07, 6.45) is 2.76. The summed E-state index contributed by atoms with van der Waals surface area (Å²) in [5.74, 6) is 0.704. The van der Waals surface area contributed by atoms with Crippen LogP contribution in [0, 0.1) is 5.92 Å². The quantitative estimate of drug-likeness (QED) is 0.900. The second kappa shape index (κ2) is 6.06. The largest absolute Gasteiger partial charge is 0.385 e. The van der Waals surface area contributed by atoms with Crippen molar-refractivity contribution in [1.82, 2.24) is 4.90 Å². The number of nitrogens with zero attached hydrogens (tertiary/aromatic N) is 1. The molecule has 1 N–H and O–H groups in total. The Morgan fingerprint density at radius 1 is 1.16 bits per heavy atom. The third-order valence-electron chi connectivity index (χ3n) is 4.21. The van der Waals surface area contributed by atoms with E-state index in [9.17, 15) is 5.11 Å². The summed E-state index contributed by atoms with van der Waals surface area (Å²) in [6, 6.07) is 8.51. The van der Waals surface area contributed by atoms with Crippen LogP contribution >= 0.6 is 0 Å². The average Bonchev–Trinajstić information content (AvgIpc) is 2.41. The second-order valence-electron chi connectivity index (χ2n) is 6.28. The SMILES string of the molecule is CCc1ccc(C2(O)CCN(CC(C)C)CC2)cc1. The lowest BCUT2D eigenvalue weighted by Crippen LogP contribution is -2.43. The predicted octanol–water partition coefficient (Wildman–Crippen LogP) is 3.19. The van der Waals surface area contributed by atoms with Crippen molar-refractivity contribution in [2.24, 2.45) is 5.92 Å². The zero-order chi connectivity index (χ0) is 13.9. The number of likely N-dealkylation sites (tertiary alicyclic amines) is 1. The molecule has 1 aromatic carbocycles. The standard InChI is InChI=1S/C17H27NO/c1-4-15-5-7-16(8-6-15)17(19)9-11-18(12-10-17)13-14(2)3/h5-8,14,19H,4,9-13H2,1-3H3. The smallest absolute Gasteiger partial charge is 0.0920 e. The molecule has 0 amide bonds. The molecular formula is C17H27NO. The third-order valence-corrected chi connectivity index (χ3v) is 4.21. The van der Waals surface area contributed by atoms with Crippen LogP contribution in [0.4, 0.5) is 0 Å². The highest BCUT2D eigenvalue weighted by Crippen LogP contribution is 2.33.